The van der Waals surface area contributed by atoms with Crippen molar-refractivity contribution in [2.75, 3.05) is 17.1 Å². The van der Waals surface area contributed by atoms with Crippen LogP contribution in [0.25, 0.3) is 0 Å². The molecule has 0 spiro atoms. The van der Waals surface area contributed by atoms with Crippen LogP contribution in [-0.2, 0) is 27.7 Å². The monoisotopic (exact) mass is 404 g/mol. The molecule has 0 bridgehead atoms. The highest BCUT2D eigenvalue weighted by molar-refractivity contribution is 7.92. The standard InChI is InChI=1S/C21H25FN2O3S/c1-15(17-8-7-16-5-3-4-6-18(16)13-17)23-21(25)14-24(28(2,26)27)20-11-9-19(22)10-12-20/h7-13,15H,3-6,14H2,1-2H3,(H,23,25). The van der Waals surface area contributed by atoms with Crippen LogP contribution in [0.2, 0.25) is 0 Å². The lowest BCUT2D eigenvalue weighted by Gasteiger charge is -2.24. The van der Waals surface area contributed by atoms with Crippen LogP contribution in [0.15, 0.2) is 42.5 Å². The zero-order valence-corrected chi connectivity index (χ0v) is 16.9. The van der Waals surface area contributed by atoms with Gasteiger partial charge in [-0.25, -0.2) is 12.8 Å². The van der Waals surface area contributed by atoms with Crippen LogP contribution in [0.1, 0.15) is 42.5 Å². The van der Waals surface area contributed by atoms with Gasteiger partial charge in [0.05, 0.1) is 18.0 Å². The molecular weight excluding hydrogens is 379 g/mol. The number of hydrogen-bond donors (Lipinski definition) is 1. The maximum Gasteiger partial charge on any atom is 0.241 e. The van der Waals surface area contributed by atoms with Gasteiger partial charge in [0.15, 0.2) is 0 Å². The Labute approximate surface area is 165 Å². The first kappa shape index (κ1) is 20.3. The molecule has 0 saturated heterocycles. The van der Waals surface area contributed by atoms with Crippen LogP contribution in [0.4, 0.5) is 10.1 Å². The molecule has 3 rings (SSSR count). The van der Waals surface area contributed by atoms with Crippen LogP contribution in [0, 0.1) is 5.82 Å². The van der Waals surface area contributed by atoms with Gasteiger partial charge in [0.1, 0.15) is 12.4 Å². The first-order chi connectivity index (χ1) is 13.2. The van der Waals surface area contributed by atoms with E-state index in [0.717, 1.165) is 29.0 Å². The Morgan fingerprint density at radius 3 is 2.39 bits per heavy atom. The lowest BCUT2D eigenvalue weighted by molar-refractivity contribution is -0.120. The fourth-order valence-corrected chi connectivity index (χ4v) is 4.39. The van der Waals surface area contributed by atoms with Crippen molar-refractivity contribution in [1.29, 1.82) is 0 Å². The van der Waals surface area contributed by atoms with Crippen molar-refractivity contribution in [2.45, 2.75) is 38.6 Å². The molecule has 28 heavy (non-hydrogen) atoms. The maximum atomic E-state index is 13.1. The van der Waals surface area contributed by atoms with Gasteiger partial charge in [0, 0.05) is 0 Å². The third kappa shape index (κ3) is 4.90. The van der Waals surface area contributed by atoms with Crippen LogP contribution in [0.3, 0.4) is 0 Å². The fourth-order valence-electron chi connectivity index (χ4n) is 3.53. The third-order valence-electron chi connectivity index (χ3n) is 5.05. The number of carbonyl (C=O) groups excluding carboxylic acids is 1. The topological polar surface area (TPSA) is 66.5 Å². The Morgan fingerprint density at radius 2 is 1.75 bits per heavy atom. The van der Waals surface area contributed by atoms with E-state index in [-0.39, 0.29) is 18.3 Å². The molecule has 1 unspecified atom stereocenters. The molecular formula is C21H25FN2O3S. The number of nitrogens with one attached hydrogen (secondary N) is 1. The second-order valence-electron chi connectivity index (χ2n) is 7.27. The van der Waals surface area contributed by atoms with Gasteiger partial charge in [-0.3, -0.25) is 9.10 Å². The summed E-state index contributed by atoms with van der Waals surface area (Å²) in [4.78, 5) is 12.5. The number of fused-ring (bicyclic) bond motifs is 1. The number of amides is 1. The molecule has 150 valence electrons. The Morgan fingerprint density at radius 1 is 1.11 bits per heavy atom. The summed E-state index contributed by atoms with van der Waals surface area (Å²) < 4.78 is 38.4. The minimum Gasteiger partial charge on any atom is -0.348 e. The van der Waals surface area contributed by atoms with E-state index in [1.165, 1.54) is 48.2 Å². The molecule has 2 aromatic carbocycles. The lowest BCUT2D eigenvalue weighted by atomic mass is 9.89. The van der Waals surface area contributed by atoms with E-state index in [9.17, 15) is 17.6 Å². The molecule has 1 aliphatic rings. The van der Waals surface area contributed by atoms with Crippen LogP contribution in [0.5, 0.6) is 0 Å². The summed E-state index contributed by atoms with van der Waals surface area (Å²) in [6.07, 6.45) is 5.56. The fraction of sp³-hybridized carbons (Fsp3) is 0.381. The summed E-state index contributed by atoms with van der Waals surface area (Å²) in [6, 6.07) is 11.1. The van der Waals surface area contributed by atoms with Crippen LogP contribution >= 0.6 is 0 Å². The van der Waals surface area contributed by atoms with E-state index < -0.39 is 21.7 Å². The molecule has 2 aromatic rings. The molecule has 0 saturated carbocycles. The quantitative estimate of drug-likeness (QED) is 0.803. The number of rotatable bonds is 6. The van der Waals surface area contributed by atoms with Crippen molar-refractivity contribution in [3.05, 3.63) is 65.0 Å². The van der Waals surface area contributed by atoms with E-state index in [1.54, 1.807) is 0 Å². The van der Waals surface area contributed by atoms with E-state index >= 15 is 0 Å². The van der Waals surface area contributed by atoms with Crippen molar-refractivity contribution < 1.29 is 17.6 Å². The lowest BCUT2D eigenvalue weighted by Crippen LogP contribution is -2.41. The smallest absolute Gasteiger partial charge is 0.241 e. The summed E-state index contributed by atoms with van der Waals surface area (Å²) >= 11 is 0. The molecule has 0 heterocycles. The number of nitrogens with zero attached hydrogens (tertiary/aromatic N) is 1. The van der Waals surface area contributed by atoms with Gasteiger partial charge in [-0.15, -0.1) is 0 Å². The van der Waals surface area contributed by atoms with E-state index in [4.69, 9.17) is 0 Å². The third-order valence-corrected chi connectivity index (χ3v) is 6.19. The Kier molecular flexibility index (Phi) is 6.03. The molecule has 0 radical (unpaired) electrons. The summed E-state index contributed by atoms with van der Waals surface area (Å²) in [6.45, 7) is 1.52. The average molecular weight is 405 g/mol. The normalized spacial score (nSPS) is 14.8. The molecule has 1 N–H and O–H groups in total. The van der Waals surface area contributed by atoms with Crippen molar-refractivity contribution in [3.63, 3.8) is 0 Å². The molecule has 0 aromatic heterocycles. The van der Waals surface area contributed by atoms with E-state index in [2.05, 4.69) is 17.4 Å². The highest BCUT2D eigenvalue weighted by atomic mass is 32.2. The predicted octanol–water partition coefficient (Wildman–Crippen LogP) is 3.35. The van der Waals surface area contributed by atoms with Gasteiger partial charge >= 0.3 is 0 Å². The predicted molar refractivity (Wildman–Crippen MR) is 108 cm³/mol. The second kappa shape index (κ2) is 8.31. The Balaban J connectivity index is 1.71. The van der Waals surface area contributed by atoms with Crippen molar-refractivity contribution in [3.8, 4) is 0 Å². The van der Waals surface area contributed by atoms with Crippen LogP contribution < -0.4 is 9.62 Å². The van der Waals surface area contributed by atoms with Gasteiger partial charge in [0.25, 0.3) is 0 Å². The molecule has 1 atom stereocenters. The number of benzene rings is 2. The van der Waals surface area contributed by atoms with Gasteiger partial charge in [0.2, 0.25) is 15.9 Å². The highest BCUT2D eigenvalue weighted by Gasteiger charge is 2.22. The minimum absolute atomic E-state index is 0.241. The SMILES string of the molecule is CC(NC(=O)CN(c1ccc(F)cc1)S(C)(=O)=O)c1ccc2c(c1)CCCC2. The number of carbonyl (C=O) groups is 1. The molecule has 1 aliphatic carbocycles. The maximum absolute atomic E-state index is 13.1. The summed E-state index contributed by atoms with van der Waals surface area (Å²) in [5.74, 6) is -0.886. The number of halogens is 1. The molecule has 7 heteroatoms. The minimum atomic E-state index is -3.69. The second-order valence-corrected chi connectivity index (χ2v) is 9.18. The average Bonchev–Trinajstić information content (AvgIpc) is 2.65. The number of aryl methyl sites for hydroxylation is 2. The zero-order chi connectivity index (χ0) is 20.3. The van der Waals surface area contributed by atoms with Gasteiger partial charge in [-0.1, -0.05) is 18.2 Å². The number of hydrogen-bond acceptors (Lipinski definition) is 3. The van der Waals surface area contributed by atoms with Crippen LogP contribution in [-0.4, -0.2) is 27.1 Å². The van der Waals surface area contributed by atoms with Crippen molar-refractivity contribution in [1.82, 2.24) is 5.32 Å². The highest BCUT2D eigenvalue weighted by Crippen LogP contribution is 2.25. The first-order valence-electron chi connectivity index (χ1n) is 9.38. The van der Waals surface area contributed by atoms with Gasteiger partial charge < -0.3 is 5.32 Å². The van der Waals surface area contributed by atoms with Crippen molar-refractivity contribution >= 4 is 21.6 Å². The van der Waals surface area contributed by atoms with Gasteiger partial charge in [-0.2, -0.15) is 0 Å². The molecule has 0 fully saturated rings. The Bertz CT molecular complexity index is 958. The Hall–Kier alpha value is -2.41. The van der Waals surface area contributed by atoms with Gasteiger partial charge in [-0.05, 0) is 73.6 Å². The summed E-state index contributed by atoms with van der Waals surface area (Å²) in [5, 5.41) is 2.87. The van der Waals surface area contributed by atoms with Crippen molar-refractivity contribution in [2.24, 2.45) is 0 Å². The largest absolute Gasteiger partial charge is 0.348 e. The zero-order valence-electron chi connectivity index (χ0n) is 16.1. The first-order valence-corrected chi connectivity index (χ1v) is 11.2. The number of anilines is 1. The van der Waals surface area contributed by atoms with E-state index in [1.807, 2.05) is 13.0 Å². The molecule has 0 aliphatic heterocycles. The molecule has 1 amide bonds. The van der Waals surface area contributed by atoms with E-state index in [0.29, 0.717) is 0 Å². The number of sulfonamides is 1. The molecule has 5 nitrogen and oxygen atoms in total. The summed E-state index contributed by atoms with van der Waals surface area (Å²) in [5.41, 5.74) is 3.95. The summed E-state index contributed by atoms with van der Waals surface area (Å²) in [7, 11) is -3.69.